The predicted molar refractivity (Wildman–Crippen MR) is 105 cm³/mol. The minimum absolute atomic E-state index is 0.0688. The number of hydrogen-bond donors (Lipinski definition) is 1. The van der Waals surface area contributed by atoms with Crippen LogP contribution in [0.4, 0.5) is 5.82 Å². The van der Waals surface area contributed by atoms with Crippen molar-refractivity contribution in [3.8, 4) is 0 Å². The van der Waals surface area contributed by atoms with Gasteiger partial charge < -0.3 is 15.5 Å². The molecular formula is C19H27N5OS. The minimum atomic E-state index is 0.0688. The van der Waals surface area contributed by atoms with Crippen LogP contribution in [-0.4, -0.2) is 53.0 Å². The lowest BCUT2D eigenvalue weighted by molar-refractivity contribution is -0.137. The standard InChI is InChI=1S/C19H27N5OS/c1-13(20)14-4-8-23(9-5-14)19(25)15-3-2-7-24(11-15)17-16-6-10-26-18(16)22-12-21-17/h6,10,12-15H,2-5,7-9,11,20H2,1H3. The van der Waals surface area contributed by atoms with Crippen LogP contribution < -0.4 is 10.6 Å². The van der Waals surface area contributed by atoms with Gasteiger partial charge in [-0.1, -0.05) is 0 Å². The van der Waals surface area contributed by atoms with Gasteiger partial charge in [0.2, 0.25) is 5.91 Å². The third-order valence-electron chi connectivity index (χ3n) is 5.91. The van der Waals surface area contributed by atoms with Crippen molar-refractivity contribution >= 4 is 33.3 Å². The molecule has 0 saturated carbocycles. The summed E-state index contributed by atoms with van der Waals surface area (Å²) >= 11 is 1.63. The number of likely N-dealkylation sites (tertiary alicyclic amines) is 1. The summed E-state index contributed by atoms with van der Waals surface area (Å²) in [6.45, 7) is 5.49. The van der Waals surface area contributed by atoms with Gasteiger partial charge in [-0.05, 0) is 50.0 Å². The summed E-state index contributed by atoms with van der Waals surface area (Å²) in [7, 11) is 0. The van der Waals surface area contributed by atoms with Gasteiger partial charge in [0.05, 0.1) is 11.3 Å². The topological polar surface area (TPSA) is 75.3 Å². The molecule has 0 aromatic carbocycles. The first-order valence-electron chi connectivity index (χ1n) is 9.61. The third-order valence-corrected chi connectivity index (χ3v) is 6.73. The molecular weight excluding hydrogens is 346 g/mol. The molecule has 4 heterocycles. The Morgan fingerprint density at radius 2 is 2.08 bits per heavy atom. The summed E-state index contributed by atoms with van der Waals surface area (Å²) in [6.07, 6.45) is 5.70. The zero-order valence-corrected chi connectivity index (χ0v) is 16.1. The Hall–Kier alpha value is -1.73. The fourth-order valence-electron chi connectivity index (χ4n) is 4.30. The number of aromatic nitrogens is 2. The van der Waals surface area contributed by atoms with E-state index in [1.165, 1.54) is 0 Å². The Morgan fingerprint density at radius 1 is 1.27 bits per heavy atom. The number of amides is 1. The molecule has 0 aliphatic carbocycles. The number of thiophene rings is 1. The molecule has 7 heteroatoms. The van der Waals surface area contributed by atoms with Crippen LogP contribution in [0.1, 0.15) is 32.6 Å². The molecule has 2 saturated heterocycles. The molecule has 140 valence electrons. The van der Waals surface area contributed by atoms with Crippen molar-refractivity contribution < 1.29 is 4.79 Å². The largest absolute Gasteiger partial charge is 0.355 e. The van der Waals surface area contributed by atoms with Crippen LogP contribution >= 0.6 is 11.3 Å². The van der Waals surface area contributed by atoms with Gasteiger partial charge in [0.25, 0.3) is 0 Å². The molecule has 2 aliphatic rings. The number of carbonyl (C=O) groups is 1. The average Bonchev–Trinajstić information content (AvgIpc) is 3.16. The Kier molecular flexibility index (Phi) is 5.09. The maximum Gasteiger partial charge on any atom is 0.227 e. The third kappa shape index (κ3) is 3.42. The molecule has 2 fully saturated rings. The van der Waals surface area contributed by atoms with E-state index in [2.05, 4.69) is 38.1 Å². The maximum absolute atomic E-state index is 13.1. The van der Waals surface area contributed by atoms with Gasteiger partial charge in [-0.2, -0.15) is 0 Å². The van der Waals surface area contributed by atoms with Crippen molar-refractivity contribution in [2.24, 2.45) is 17.6 Å². The molecule has 6 nitrogen and oxygen atoms in total. The second kappa shape index (κ2) is 7.48. The first kappa shape index (κ1) is 17.7. The van der Waals surface area contributed by atoms with Crippen LogP contribution in [0.15, 0.2) is 17.8 Å². The summed E-state index contributed by atoms with van der Waals surface area (Å²) < 4.78 is 0. The van der Waals surface area contributed by atoms with Gasteiger partial charge in [-0.15, -0.1) is 11.3 Å². The van der Waals surface area contributed by atoms with Gasteiger partial charge in [-0.3, -0.25) is 4.79 Å². The molecule has 2 N–H and O–H groups in total. The van der Waals surface area contributed by atoms with E-state index in [9.17, 15) is 4.79 Å². The summed E-state index contributed by atoms with van der Waals surface area (Å²) in [6, 6.07) is 2.31. The quantitative estimate of drug-likeness (QED) is 0.895. The van der Waals surface area contributed by atoms with Crippen LogP contribution in [0.3, 0.4) is 0 Å². The number of nitrogens with two attached hydrogens (primary N) is 1. The van der Waals surface area contributed by atoms with Gasteiger partial charge in [-0.25, -0.2) is 9.97 Å². The van der Waals surface area contributed by atoms with Gasteiger partial charge in [0.15, 0.2) is 0 Å². The monoisotopic (exact) mass is 373 g/mol. The van der Waals surface area contributed by atoms with Gasteiger partial charge in [0.1, 0.15) is 17.0 Å². The lowest BCUT2D eigenvalue weighted by Crippen LogP contribution is -2.48. The Balaban J connectivity index is 1.44. The molecule has 4 rings (SSSR count). The fourth-order valence-corrected chi connectivity index (χ4v) is 5.03. The number of piperidine rings is 2. The number of rotatable bonds is 3. The molecule has 0 spiro atoms. The molecule has 2 aliphatic heterocycles. The SMILES string of the molecule is CC(N)C1CCN(C(=O)C2CCCN(c3ncnc4sccc34)C2)CC1. The zero-order chi connectivity index (χ0) is 18.1. The highest BCUT2D eigenvalue weighted by atomic mass is 32.1. The second-order valence-electron chi connectivity index (χ2n) is 7.64. The Labute approximate surface area is 158 Å². The van der Waals surface area contributed by atoms with E-state index in [0.717, 1.165) is 67.9 Å². The fraction of sp³-hybridized carbons (Fsp3) is 0.632. The average molecular weight is 374 g/mol. The van der Waals surface area contributed by atoms with Crippen molar-refractivity contribution in [1.29, 1.82) is 0 Å². The van der Waals surface area contributed by atoms with E-state index >= 15 is 0 Å². The highest BCUT2D eigenvalue weighted by molar-refractivity contribution is 7.16. The number of anilines is 1. The Bertz CT molecular complexity index is 768. The van der Waals surface area contributed by atoms with Crippen molar-refractivity contribution in [2.75, 3.05) is 31.1 Å². The first-order chi connectivity index (χ1) is 12.6. The van der Waals surface area contributed by atoms with E-state index < -0.39 is 0 Å². The molecule has 2 unspecified atom stereocenters. The van der Waals surface area contributed by atoms with Crippen molar-refractivity contribution in [3.05, 3.63) is 17.8 Å². The van der Waals surface area contributed by atoms with Crippen LogP contribution in [0.2, 0.25) is 0 Å². The Morgan fingerprint density at radius 3 is 2.85 bits per heavy atom. The van der Waals surface area contributed by atoms with E-state index in [0.29, 0.717) is 11.8 Å². The van der Waals surface area contributed by atoms with Crippen molar-refractivity contribution in [1.82, 2.24) is 14.9 Å². The van der Waals surface area contributed by atoms with E-state index in [1.807, 2.05) is 0 Å². The van der Waals surface area contributed by atoms with Gasteiger partial charge in [0, 0.05) is 32.2 Å². The summed E-state index contributed by atoms with van der Waals surface area (Å²) in [5, 5.41) is 3.15. The van der Waals surface area contributed by atoms with E-state index in [1.54, 1.807) is 17.7 Å². The molecule has 1 amide bonds. The van der Waals surface area contributed by atoms with Crippen LogP contribution in [-0.2, 0) is 4.79 Å². The van der Waals surface area contributed by atoms with Crippen LogP contribution in [0.5, 0.6) is 0 Å². The molecule has 0 bridgehead atoms. The molecule has 2 aromatic heterocycles. The normalized spacial score (nSPS) is 23.4. The zero-order valence-electron chi connectivity index (χ0n) is 15.3. The van der Waals surface area contributed by atoms with Crippen molar-refractivity contribution in [2.45, 2.75) is 38.6 Å². The van der Waals surface area contributed by atoms with Crippen molar-refractivity contribution in [3.63, 3.8) is 0 Å². The molecule has 2 atom stereocenters. The smallest absolute Gasteiger partial charge is 0.227 e. The summed E-state index contributed by atoms with van der Waals surface area (Å²) in [5.41, 5.74) is 6.03. The highest BCUT2D eigenvalue weighted by Crippen LogP contribution is 2.31. The van der Waals surface area contributed by atoms with E-state index in [-0.39, 0.29) is 12.0 Å². The number of carbonyl (C=O) groups excluding carboxylic acids is 1. The summed E-state index contributed by atoms with van der Waals surface area (Å²) in [5.74, 6) is 1.91. The number of nitrogens with zero attached hydrogens (tertiary/aromatic N) is 4. The van der Waals surface area contributed by atoms with E-state index in [4.69, 9.17) is 5.73 Å². The molecule has 2 aromatic rings. The second-order valence-corrected chi connectivity index (χ2v) is 8.54. The molecule has 0 radical (unpaired) electrons. The minimum Gasteiger partial charge on any atom is -0.355 e. The lowest BCUT2D eigenvalue weighted by atomic mass is 9.89. The highest BCUT2D eigenvalue weighted by Gasteiger charge is 2.32. The predicted octanol–water partition coefficient (Wildman–Crippen LogP) is 2.49. The van der Waals surface area contributed by atoms with Crippen LogP contribution in [0, 0.1) is 11.8 Å². The maximum atomic E-state index is 13.1. The number of hydrogen-bond acceptors (Lipinski definition) is 6. The summed E-state index contributed by atoms with van der Waals surface area (Å²) in [4.78, 5) is 27.3. The van der Waals surface area contributed by atoms with Gasteiger partial charge >= 0.3 is 0 Å². The first-order valence-corrected chi connectivity index (χ1v) is 10.5. The van der Waals surface area contributed by atoms with Crippen LogP contribution in [0.25, 0.3) is 10.2 Å². The number of fused-ring (bicyclic) bond motifs is 1. The lowest BCUT2D eigenvalue weighted by Gasteiger charge is -2.39. The molecule has 26 heavy (non-hydrogen) atoms.